The molecule has 1 saturated heterocycles. The number of ether oxygens (including phenoxy) is 1. The fourth-order valence-electron chi connectivity index (χ4n) is 5.62. The maximum Gasteiger partial charge on any atom is 0.259 e. The highest BCUT2D eigenvalue weighted by Gasteiger charge is 2.40. The molecule has 0 unspecified atom stereocenters. The largest absolute Gasteiger partial charge is 0.379 e. The maximum absolute atomic E-state index is 13.0. The molecule has 10 heteroatoms. The molecule has 206 valence electrons. The van der Waals surface area contributed by atoms with Gasteiger partial charge in [0.2, 0.25) is 0 Å². The molecular weight excluding hydrogens is 514 g/mol. The monoisotopic (exact) mass is 549 g/mol. The van der Waals surface area contributed by atoms with Gasteiger partial charge in [0.05, 0.1) is 59.7 Å². The second-order valence-electron chi connectivity index (χ2n) is 10.3. The predicted octanol–water partition coefficient (Wildman–Crippen LogP) is 4.63. The van der Waals surface area contributed by atoms with Gasteiger partial charge in [0, 0.05) is 25.3 Å². The number of carbonyl (C=O) groups is 1. The van der Waals surface area contributed by atoms with Crippen molar-refractivity contribution < 1.29 is 9.53 Å². The lowest BCUT2D eigenvalue weighted by molar-refractivity contribution is 0.00493. The van der Waals surface area contributed by atoms with Crippen LogP contribution >= 0.6 is 12.4 Å². The number of aryl methyl sites for hydroxylation is 1. The van der Waals surface area contributed by atoms with Crippen LogP contribution < -0.4 is 5.32 Å². The Hall–Kier alpha value is -3.32. The average molecular weight is 550 g/mol. The Balaban J connectivity index is 0.00000353. The first-order valence-electron chi connectivity index (χ1n) is 13.5. The third kappa shape index (κ3) is 6.14. The number of nitrogens with one attached hydrogen (secondary N) is 1. The Bertz CT molecular complexity index is 1290. The Morgan fingerprint density at radius 1 is 1.13 bits per heavy atom. The summed E-state index contributed by atoms with van der Waals surface area (Å²) in [5.41, 5.74) is 3.15. The highest BCUT2D eigenvalue weighted by Crippen LogP contribution is 2.40. The number of anilines is 1. The van der Waals surface area contributed by atoms with Gasteiger partial charge in [-0.05, 0) is 62.8 Å². The Morgan fingerprint density at radius 2 is 1.90 bits per heavy atom. The van der Waals surface area contributed by atoms with Crippen LogP contribution in [0.15, 0.2) is 42.9 Å². The zero-order valence-electron chi connectivity index (χ0n) is 22.6. The molecule has 0 spiro atoms. The number of halogens is 1. The van der Waals surface area contributed by atoms with E-state index in [1.807, 2.05) is 37.4 Å². The predicted molar refractivity (Wildman–Crippen MR) is 151 cm³/mol. The molecule has 9 nitrogen and oxygen atoms in total. The SMILES string of the molecule is CCCc1ccc(-n2ncc(C(=O)Nc3ccc([C@]4(C#N)CC[C@@H](N5CCOCC5)CC4)nc3)c2C)nc1.Cl. The first kappa shape index (κ1) is 28.7. The van der Waals surface area contributed by atoms with Gasteiger partial charge in [-0.15, -0.1) is 12.4 Å². The Labute approximate surface area is 236 Å². The quantitative estimate of drug-likeness (QED) is 0.457. The lowest BCUT2D eigenvalue weighted by Crippen LogP contribution is -2.47. The summed E-state index contributed by atoms with van der Waals surface area (Å²) in [5, 5.41) is 17.4. The highest BCUT2D eigenvalue weighted by atomic mass is 35.5. The summed E-state index contributed by atoms with van der Waals surface area (Å²) in [6, 6.07) is 10.8. The van der Waals surface area contributed by atoms with E-state index in [0.717, 1.165) is 70.5 Å². The van der Waals surface area contributed by atoms with Crippen LogP contribution in [0.5, 0.6) is 0 Å². The van der Waals surface area contributed by atoms with Crippen LogP contribution in [0, 0.1) is 18.3 Å². The summed E-state index contributed by atoms with van der Waals surface area (Å²) in [5.74, 6) is 0.421. The minimum atomic E-state index is -0.581. The molecule has 4 heterocycles. The van der Waals surface area contributed by atoms with E-state index in [0.29, 0.717) is 28.8 Å². The number of carbonyl (C=O) groups excluding carboxylic acids is 1. The normalized spacial score (nSPS) is 21.5. The second-order valence-corrected chi connectivity index (χ2v) is 10.3. The van der Waals surface area contributed by atoms with Crippen molar-refractivity contribution in [1.82, 2.24) is 24.6 Å². The van der Waals surface area contributed by atoms with Gasteiger partial charge in [0.25, 0.3) is 5.91 Å². The van der Waals surface area contributed by atoms with Gasteiger partial charge in [0.15, 0.2) is 5.82 Å². The van der Waals surface area contributed by atoms with Crippen LogP contribution in [0.1, 0.15) is 66.3 Å². The van der Waals surface area contributed by atoms with Gasteiger partial charge < -0.3 is 10.1 Å². The smallest absolute Gasteiger partial charge is 0.259 e. The molecule has 1 saturated carbocycles. The van der Waals surface area contributed by atoms with Crippen molar-refractivity contribution in [1.29, 1.82) is 5.26 Å². The number of morpholine rings is 1. The molecule has 0 aromatic carbocycles. The molecule has 0 bridgehead atoms. The summed E-state index contributed by atoms with van der Waals surface area (Å²) < 4.78 is 7.16. The molecule has 5 rings (SSSR count). The van der Waals surface area contributed by atoms with Gasteiger partial charge in [-0.3, -0.25) is 14.7 Å². The van der Waals surface area contributed by atoms with E-state index in [9.17, 15) is 10.1 Å². The standard InChI is InChI=1S/C29H35N7O2.ClH/c1-3-4-22-5-8-27(32-17-22)36-21(2)25(19-33-36)28(37)34-23-6-7-26(31-18-23)29(20-30)11-9-24(10-12-29)35-13-15-38-16-14-35;/h5-8,17-19,24H,3-4,9-16H2,1-2H3,(H,34,37);1H/t24-,29-;. The van der Waals surface area contributed by atoms with Crippen molar-refractivity contribution >= 4 is 24.0 Å². The Morgan fingerprint density at radius 3 is 2.51 bits per heavy atom. The average Bonchev–Trinajstić information content (AvgIpc) is 3.36. The summed E-state index contributed by atoms with van der Waals surface area (Å²) in [6.07, 6.45) is 10.6. The number of pyridine rings is 2. The number of hydrogen-bond donors (Lipinski definition) is 1. The fraction of sp³-hybridized carbons (Fsp3) is 0.483. The zero-order valence-corrected chi connectivity index (χ0v) is 23.4. The number of nitrogens with zero attached hydrogens (tertiary/aromatic N) is 6. The van der Waals surface area contributed by atoms with Gasteiger partial charge in [-0.2, -0.15) is 10.4 Å². The first-order valence-corrected chi connectivity index (χ1v) is 13.5. The molecule has 0 radical (unpaired) electrons. The molecule has 2 fully saturated rings. The summed E-state index contributed by atoms with van der Waals surface area (Å²) in [7, 11) is 0. The van der Waals surface area contributed by atoms with Crippen molar-refractivity contribution in [2.24, 2.45) is 0 Å². The number of rotatable bonds is 7. The Kier molecular flexibility index (Phi) is 9.33. The molecule has 0 atom stereocenters. The van der Waals surface area contributed by atoms with Crippen molar-refractivity contribution in [3.8, 4) is 11.9 Å². The molecule has 1 N–H and O–H groups in total. The lowest BCUT2D eigenvalue weighted by Gasteiger charge is -2.41. The van der Waals surface area contributed by atoms with Crippen LogP contribution in [0.25, 0.3) is 5.82 Å². The topological polar surface area (TPSA) is 109 Å². The lowest BCUT2D eigenvalue weighted by atomic mass is 9.71. The van der Waals surface area contributed by atoms with Crippen LogP contribution in [0.2, 0.25) is 0 Å². The van der Waals surface area contributed by atoms with Crippen molar-refractivity contribution in [3.05, 3.63) is 65.4 Å². The van der Waals surface area contributed by atoms with Crippen molar-refractivity contribution in [2.45, 2.75) is 63.8 Å². The van der Waals surface area contributed by atoms with Gasteiger partial charge in [-0.1, -0.05) is 19.4 Å². The van der Waals surface area contributed by atoms with Crippen LogP contribution in [-0.2, 0) is 16.6 Å². The van der Waals surface area contributed by atoms with E-state index in [1.54, 1.807) is 17.1 Å². The van der Waals surface area contributed by atoms with Gasteiger partial charge in [-0.25, -0.2) is 9.67 Å². The minimum absolute atomic E-state index is 0. The molecule has 1 aliphatic heterocycles. The first-order chi connectivity index (χ1) is 18.5. The number of hydrogen-bond acceptors (Lipinski definition) is 7. The van der Waals surface area contributed by atoms with E-state index in [1.165, 1.54) is 5.56 Å². The van der Waals surface area contributed by atoms with Gasteiger partial charge in [0.1, 0.15) is 0 Å². The van der Waals surface area contributed by atoms with Crippen molar-refractivity contribution in [2.75, 3.05) is 31.6 Å². The summed E-state index contributed by atoms with van der Waals surface area (Å²) >= 11 is 0. The van der Waals surface area contributed by atoms with Crippen LogP contribution in [-0.4, -0.2) is 62.9 Å². The summed E-state index contributed by atoms with van der Waals surface area (Å²) in [6.45, 7) is 7.51. The molecule has 1 aliphatic carbocycles. The van der Waals surface area contributed by atoms with Crippen LogP contribution in [0.3, 0.4) is 0 Å². The zero-order chi connectivity index (χ0) is 26.5. The molecule has 3 aromatic heterocycles. The third-order valence-corrected chi connectivity index (χ3v) is 7.92. The number of aromatic nitrogens is 4. The highest BCUT2D eigenvalue weighted by molar-refractivity contribution is 6.04. The molecule has 3 aromatic rings. The molecule has 1 amide bonds. The van der Waals surface area contributed by atoms with Crippen molar-refractivity contribution in [3.63, 3.8) is 0 Å². The van der Waals surface area contributed by atoms with E-state index in [4.69, 9.17) is 4.74 Å². The van der Waals surface area contributed by atoms with E-state index in [2.05, 4.69) is 38.3 Å². The maximum atomic E-state index is 13.0. The van der Waals surface area contributed by atoms with Crippen LogP contribution in [0.4, 0.5) is 5.69 Å². The second kappa shape index (κ2) is 12.7. The number of nitriles is 1. The molecule has 2 aliphatic rings. The van der Waals surface area contributed by atoms with E-state index in [-0.39, 0.29) is 18.3 Å². The minimum Gasteiger partial charge on any atom is -0.379 e. The van der Waals surface area contributed by atoms with E-state index >= 15 is 0 Å². The fourth-order valence-corrected chi connectivity index (χ4v) is 5.62. The molecular formula is C29H36ClN7O2. The molecule has 39 heavy (non-hydrogen) atoms. The summed E-state index contributed by atoms with van der Waals surface area (Å²) in [4.78, 5) is 24.7. The third-order valence-electron chi connectivity index (χ3n) is 7.92. The number of amides is 1. The van der Waals surface area contributed by atoms with E-state index < -0.39 is 5.41 Å². The van der Waals surface area contributed by atoms with Gasteiger partial charge >= 0.3 is 0 Å².